The van der Waals surface area contributed by atoms with E-state index in [0.717, 1.165) is 17.3 Å². The summed E-state index contributed by atoms with van der Waals surface area (Å²) in [5.74, 6) is 1.31. The summed E-state index contributed by atoms with van der Waals surface area (Å²) >= 11 is 2.11. The van der Waals surface area contributed by atoms with Crippen molar-refractivity contribution in [1.29, 1.82) is 0 Å². The molecule has 0 bridgehead atoms. The minimum Gasteiger partial charge on any atom is -0.312 e. The SMILES string of the molecule is CC1CC(NCCN(C)C2CCCC2)CS1. The summed E-state index contributed by atoms with van der Waals surface area (Å²) in [6, 6.07) is 1.65. The maximum atomic E-state index is 3.70. The lowest BCUT2D eigenvalue weighted by molar-refractivity contribution is 0.243. The molecular weight excluding hydrogens is 216 g/mol. The number of nitrogens with zero attached hydrogens (tertiary/aromatic N) is 1. The molecule has 2 atom stereocenters. The molecule has 2 aliphatic rings. The molecule has 0 spiro atoms. The highest BCUT2D eigenvalue weighted by molar-refractivity contribution is 8.00. The monoisotopic (exact) mass is 242 g/mol. The van der Waals surface area contributed by atoms with Crippen LogP contribution in [-0.2, 0) is 0 Å². The first-order valence-electron chi connectivity index (χ1n) is 6.81. The number of rotatable bonds is 5. The van der Waals surface area contributed by atoms with E-state index >= 15 is 0 Å². The van der Waals surface area contributed by atoms with Gasteiger partial charge in [-0.25, -0.2) is 0 Å². The molecule has 0 aromatic heterocycles. The Bertz CT molecular complexity index is 204. The highest BCUT2D eigenvalue weighted by atomic mass is 32.2. The van der Waals surface area contributed by atoms with Crippen LogP contribution in [0.5, 0.6) is 0 Å². The fourth-order valence-corrected chi connectivity index (χ4v) is 4.12. The second-order valence-electron chi connectivity index (χ2n) is 5.45. The molecule has 0 radical (unpaired) electrons. The van der Waals surface area contributed by atoms with Gasteiger partial charge in [0.2, 0.25) is 0 Å². The lowest BCUT2D eigenvalue weighted by atomic mass is 10.2. The molecule has 2 rings (SSSR count). The molecule has 0 aromatic carbocycles. The Kier molecular flexibility index (Phi) is 4.98. The van der Waals surface area contributed by atoms with Crippen LogP contribution in [0.2, 0.25) is 0 Å². The van der Waals surface area contributed by atoms with Gasteiger partial charge in [0.1, 0.15) is 0 Å². The van der Waals surface area contributed by atoms with Crippen molar-refractivity contribution < 1.29 is 0 Å². The molecule has 2 nitrogen and oxygen atoms in total. The molecule has 1 N–H and O–H groups in total. The first-order valence-corrected chi connectivity index (χ1v) is 7.86. The molecule has 1 saturated carbocycles. The minimum absolute atomic E-state index is 0.775. The summed E-state index contributed by atoms with van der Waals surface area (Å²) in [7, 11) is 2.30. The Labute approximate surface area is 105 Å². The Hall–Kier alpha value is 0.270. The Morgan fingerprint density at radius 3 is 2.69 bits per heavy atom. The quantitative estimate of drug-likeness (QED) is 0.797. The summed E-state index contributed by atoms with van der Waals surface area (Å²) in [5, 5.41) is 4.57. The summed E-state index contributed by atoms with van der Waals surface area (Å²) in [5.41, 5.74) is 0. The van der Waals surface area contributed by atoms with Crippen molar-refractivity contribution in [3.63, 3.8) is 0 Å². The van der Waals surface area contributed by atoms with Gasteiger partial charge in [0.25, 0.3) is 0 Å². The Morgan fingerprint density at radius 1 is 1.31 bits per heavy atom. The van der Waals surface area contributed by atoms with E-state index in [0.29, 0.717) is 0 Å². The molecule has 1 aliphatic carbocycles. The van der Waals surface area contributed by atoms with E-state index in [4.69, 9.17) is 0 Å². The van der Waals surface area contributed by atoms with E-state index in [1.807, 2.05) is 0 Å². The zero-order valence-electron chi connectivity index (χ0n) is 10.7. The number of hydrogen-bond acceptors (Lipinski definition) is 3. The van der Waals surface area contributed by atoms with Crippen LogP contribution >= 0.6 is 11.8 Å². The minimum atomic E-state index is 0.775. The van der Waals surface area contributed by atoms with Gasteiger partial charge in [-0.15, -0.1) is 0 Å². The van der Waals surface area contributed by atoms with Gasteiger partial charge in [-0.1, -0.05) is 19.8 Å². The smallest absolute Gasteiger partial charge is 0.0169 e. The van der Waals surface area contributed by atoms with Gasteiger partial charge in [-0.3, -0.25) is 0 Å². The van der Waals surface area contributed by atoms with Crippen LogP contribution in [0.15, 0.2) is 0 Å². The topological polar surface area (TPSA) is 15.3 Å². The molecular formula is C13H26N2S. The van der Waals surface area contributed by atoms with E-state index in [-0.39, 0.29) is 0 Å². The second-order valence-corrected chi connectivity index (χ2v) is 6.92. The van der Waals surface area contributed by atoms with E-state index in [1.165, 1.54) is 50.9 Å². The molecule has 0 aromatic rings. The van der Waals surface area contributed by atoms with Crippen LogP contribution in [0.1, 0.15) is 39.0 Å². The highest BCUT2D eigenvalue weighted by Gasteiger charge is 2.22. The van der Waals surface area contributed by atoms with Crippen molar-refractivity contribution in [2.24, 2.45) is 0 Å². The normalized spacial score (nSPS) is 31.7. The summed E-state index contributed by atoms with van der Waals surface area (Å²) < 4.78 is 0. The number of nitrogens with one attached hydrogen (secondary N) is 1. The molecule has 16 heavy (non-hydrogen) atoms. The van der Waals surface area contributed by atoms with E-state index in [1.54, 1.807) is 0 Å². The average molecular weight is 242 g/mol. The van der Waals surface area contributed by atoms with Crippen LogP contribution in [-0.4, -0.2) is 48.1 Å². The molecule has 3 heteroatoms. The van der Waals surface area contributed by atoms with Gasteiger partial charge in [-0.2, -0.15) is 11.8 Å². The number of thioether (sulfide) groups is 1. The van der Waals surface area contributed by atoms with Gasteiger partial charge < -0.3 is 10.2 Å². The number of likely N-dealkylation sites (N-methyl/N-ethyl adjacent to an activating group) is 1. The second kappa shape index (κ2) is 6.27. The van der Waals surface area contributed by atoms with Gasteiger partial charge in [0.05, 0.1) is 0 Å². The van der Waals surface area contributed by atoms with Gasteiger partial charge in [0, 0.05) is 36.2 Å². The zero-order chi connectivity index (χ0) is 11.4. The van der Waals surface area contributed by atoms with Crippen molar-refractivity contribution >= 4 is 11.8 Å². The number of hydrogen-bond donors (Lipinski definition) is 1. The zero-order valence-corrected chi connectivity index (χ0v) is 11.6. The summed E-state index contributed by atoms with van der Waals surface area (Å²) in [6.07, 6.45) is 7.09. The maximum Gasteiger partial charge on any atom is 0.0169 e. The van der Waals surface area contributed by atoms with Gasteiger partial charge in [-0.05, 0) is 26.3 Å². The molecule has 2 fully saturated rings. The van der Waals surface area contributed by atoms with Crippen LogP contribution in [0.25, 0.3) is 0 Å². The first kappa shape index (κ1) is 12.7. The molecule has 2 unspecified atom stereocenters. The Balaban J connectivity index is 1.56. The van der Waals surface area contributed by atoms with E-state index < -0.39 is 0 Å². The first-order chi connectivity index (χ1) is 7.75. The van der Waals surface area contributed by atoms with Crippen molar-refractivity contribution in [2.75, 3.05) is 25.9 Å². The van der Waals surface area contributed by atoms with Crippen LogP contribution in [0, 0.1) is 0 Å². The Morgan fingerprint density at radius 2 is 2.06 bits per heavy atom. The highest BCUT2D eigenvalue weighted by Crippen LogP contribution is 2.26. The predicted octanol–water partition coefficient (Wildman–Crippen LogP) is 2.34. The predicted molar refractivity (Wildman–Crippen MR) is 73.2 cm³/mol. The molecule has 1 aliphatic heterocycles. The lowest BCUT2D eigenvalue weighted by Crippen LogP contribution is -2.39. The summed E-state index contributed by atoms with van der Waals surface area (Å²) in [4.78, 5) is 2.56. The molecule has 1 saturated heterocycles. The largest absolute Gasteiger partial charge is 0.312 e. The fraction of sp³-hybridized carbons (Fsp3) is 1.00. The van der Waals surface area contributed by atoms with Crippen LogP contribution in [0.3, 0.4) is 0 Å². The lowest BCUT2D eigenvalue weighted by Gasteiger charge is -2.24. The van der Waals surface area contributed by atoms with Gasteiger partial charge >= 0.3 is 0 Å². The summed E-state index contributed by atoms with van der Waals surface area (Å²) in [6.45, 7) is 4.74. The van der Waals surface area contributed by atoms with Crippen molar-refractivity contribution in [3.8, 4) is 0 Å². The third-order valence-electron chi connectivity index (χ3n) is 4.04. The van der Waals surface area contributed by atoms with E-state index in [2.05, 4.69) is 35.9 Å². The van der Waals surface area contributed by atoms with Crippen molar-refractivity contribution in [3.05, 3.63) is 0 Å². The standard InChI is InChI=1S/C13H26N2S/c1-11-9-12(10-16-11)14-7-8-15(2)13-5-3-4-6-13/h11-14H,3-10H2,1-2H3. The van der Waals surface area contributed by atoms with Gasteiger partial charge in [0.15, 0.2) is 0 Å². The van der Waals surface area contributed by atoms with Crippen LogP contribution < -0.4 is 5.32 Å². The molecule has 0 amide bonds. The maximum absolute atomic E-state index is 3.70. The molecule has 94 valence electrons. The van der Waals surface area contributed by atoms with Crippen LogP contribution in [0.4, 0.5) is 0 Å². The van der Waals surface area contributed by atoms with Crippen molar-refractivity contribution in [2.45, 2.75) is 56.4 Å². The molecule has 1 heterocycles. The third-order valence-corrected chi connectivity index (χ3v) is 5.40. The van der Waals surface area contributed by atoms with E-state index in [9.17, 15) is 0 Å². The van der Waals surface area contributed by atoms with Crippen molar-refractivity contribution in [1.82, 2.24) is 10.2 Å². The third kappa shape index (κ3) is 3.64. The average Bonchev–Trinajstić information content (AvgIpc) is 2.89. The fourth-order valence-electron chi connectivity index (χ4n) is 2.93.